The molecule has 0 amide bonds. The number of aliphatic hydroxyl groups is 1. The molecule has 2 heterocycles. The SMILES string of the molecule is OC1(CNC(=NCc2ccco2)NC2CCCCC2)CCOCC1. The van der Waals surface area contributed by atoms with Crippen LogP contribution in [0.4, 0.5) is 0 Å². The molecule has 1 saturated heterocycles. The molecule has 24 heavy (non-hydrogen) atoms. The number of hydrogen-bond donors (Lipinski definition) is 3. The molecule has 2 fully saturated rings. The Balaban J connectivity index is 1.58. The van der Waals surface area contributed by atoms with E-state index in [9.17, 15) is 5.11 Å². The lowest BCUT2D eigenvalue weighted by Crippen LogP contribution is -2.51. The summed E-state index contributed by atoms with van der Waals surface area (Å²) in [7, 11) is 0. The average molecular weight is 335 g/mol. The Morgan fingerprint density at radius 3 is 2.75 bits per heavy atom. The van der Waals surface area contributed by atoms with Crippen LogP contribution in [0.1, 0.15) is 50.7 Å². The number of rotatable bonds is 5. The molecule has 3 rings (SSSR count). The van der Waals surface area contributed by atoms with E-state index in [2.05, 4.69) is 15.6 Å². The smallest absolute Gasteiger partial charge is 0.192 e. The lowest BCUT2D eigenvalue weighted by Gasteiger charge is -2.33. The zero-order chi connectivity index (χ0) is 16.7. The first-order chi connectivity index (χ1) is 11.7. The highest BCUT2D eigenvalue weighted by atomic mass is 16.5. The Labute approximate surface area is 143 Å². The van der Waals surface area contributed by atoms with Gasteiger partial charge in [-0.3, -0.25) is 0 Å². The number of aliphatic imine (C=N–C) groups is 1. The van der Waals surface area contributed by atoms with Crippen molar-refractivity contribution in [2.75, 3.05) is 19.8 Å². The molecule has 0 atom stereocenters. The van der Waals surface area contributed by atoms with Crippen LogP contribution in [0.15, 0.2) is 27.8 Å². The summed E-state index contributed by atoms with van der Waals surface area (Å²) in [6, 6.07) is 4.26. The van der Waals surface area contributed by atoms with Crippen LogP contribution >= 0.6 is 0 Å². The monoisotopic (exact) mass is 335 g/mol. The van der Waals surface area contributed by atoms with Gasteiger partial charge in [0.1, 0.15) is 12.3 Å². The fraction of sp³-hybridized carbons (Fsp3) is 0.722. The molecule has 1 aliphatic carbocycles. The van der Waals surface area contributed by atoms with Crippen LogP contribution in [0.25, 0.3) is 0 Å². The predicted octanol–water partition coefficient (Wildman–Crippen LogP) is 2.19. The standard InChI is InChI=1S/C18H29N3O3/c22-18(8-11-23-12-9-18)14-20-17(19-13-16-7-4-10-24-16)21-15-5-2-1-3-6-15/h4,7,10,15,22H,1-3,5-6,8-9,11-14H2,(H2,19,20,21). The fourth-order valence-corrected chi connectivity index (χ4v) is 3.33. The number of guanidine groups is 1. The molecule has 1 aromatic rings. The van der Waals surface area contributed by atoms with Gasteiger partial charge in [0.25, 0.3) is 0 Å². The van der Waals surface area contributed by atoms with Crippen LogP contribution in [0, 0.1) is 0 Å². The zero-order valence-electron chi connectivity index (χ0n) is 14.3. The quantitative estimate of drug-likeness (QED) is 0.568. The van der Waals surface area contributed by atoms with E-state index in [0.717, 1.165) is 11.7 Å². The van der Waals surface area contributed by atoms with Crippen molar-refractivity contribution in [3.05, 3.63) is 24.2 Å². The molecular weight excluding hydrogens is 306 g/mol. The maximum atomic E-state index is 10.6. The van der Waals surface area contributed by atoms with Gasteiger partial charge in [0, 0.05) is 38.6 Å². The van der Waals surface area contributed by atoms with Gasteiger partial charge in [-0.05, 0) is 25.0 Å². The van der Waals surface area contributed by atoms with Crippen LogP contribution in [-0.4, -0.2) is 42.5 Å². The molecule has 1 aliphatic heterocycles. The summed E-state index contributed by atoms with van der Waals surface area (Å²) in [6.45, 7) is 2.23. The van der Waals surface area contributed by atoms with E-state index in [1.807, 2.05) is 12.1 Å². The number of nitrogens with zero attached hydrogens (tertiary/aromatic N) is 1. The number of nitrogens with one attached hydrogen (secondary N) is 2. The first-order valence-corrected chi connectivity index (χ1v) is 9.11. The minimum Gasteiger partial charge on any atom is -0.467 e. The topological polar surface area (TPSA) is 79.0 Å². The summed E-state index contributed by atoms with van der Waals surface area (Å²) in [4.78, 5) is 4.63. The highest BCUT2D eigenvalue weighted by Gasteiger charge is 2.30. The molecule has 0 spiro atoms. The first-order valence-electron chi connectivity index (χ1n) is 9.11. The van der Waals surface area contributed by atoms with Crippen LogP contribution in [0.5, 0.6) is 0 Å². The molecule has 6 heteroatoms. The highest BCUT2D eigenvalue weighted by molar-refractivity contribution is 5.80. The third-order valence-electron chi connectivity index (χ3n) is 4.93. The highest BCUT2D eigenvalue weighted by Crippen LogP contribution is 2.20. The summed E-state index contributed by atoms with van der Waals surface area (Å²) >= 11 is 0. The van der Waals surface area contributed by atoms with Gasteiger partial charge in [0.15, 0.2) is 5.96 Å². The molecule has 0 unspecified atom stereocenters. The van der Waals surface area contributed by atoms with Crippen molar-refractivity contribution < 1.29 is 14.3 Å². The molecule has 2 aliphatic rings. The van der Waals surface area contributed by atoms with Crippen molar-refractivity contribution >= 4 is 5.96 Å². The van der Waals surface area contributed by atoms with Crippen LogP contribution < -0.4 is 10.6 Å². The molecule has 3 N–H and O–H groups in total. The van der Waals surface area contributed by atoms with E-state index in [0.29, 0.717) is 45.2 Å². The second kappa shape index (κ2) is 8.53. The van der Waals surface area contributed by atoms with Crippen molar-refractivity contribution in [1.82, 2.24) is 10.6 Å². The van der Waals surface area contributed by atoms with Crippen molar-refractivity contribution in [3.8, 4) is 0 Å². The van der Waals surface area contributed by atoms with Gasteiger partial charge in [-0.2, -0.15) is 0 Å². The summed E-state index contributed by atoms with van der Waals surface area (Å²) in [6.07, 6.45) is 9.21. The van der Waals surface area contributed by atoms with Gasteiger partial charge < -0.3 is 24.9 Å². The van der Waals surface area contributed by atoms with Crippen molar-refractivity contribution in [3.63, 3.8) is 0 Å². The average Bonchev–Trinajstić information content (AvgIpc) is 3.12. The Kier molecular flexibility index (Phi) is 6.15. The molecule has 0 radical (unpaired) electrons. The molecular formula is C18H29N3O3. The lowest BCUT2D eigenvalue weighted by molar-refractivity contribution is -0.0594. The van der Waals surface area contributed by atoms with Crippen molar-refractivity contribution in [2.24, 2.45) is 4.99 Å². The fourth-order valence-electron chi connectivity index (χ4n) is 3.33. The maximum absolute atomic E-state index is 10.6. The molecule has 0 aromatic carbocycles. The Bertz CT molecular complexity index is 504. The van der Waals surface area contributed by atoms with Crippen molar-refractivity contribution in [1.29, 1.82) is 0 Å². The van der Waals surface area contributed by atoms with Crippen LogP contribution in [0.2, 0.25) is 0 Å². The first kappa shape index (κ1) is 17.3. The van der Waals surface area contributed by atoms with Gasteiger partial charge in [0.2, 0.25) is 0 Å². The van der Waals surface area contributed by atoms with Crippen LogP contribution in [0.3, 0.4) is 0 Å². The van der Waals surface area contributed by atoms with E-state index in [1.165, 1.54) is 32.1 Å². The van der Waals surface area contributed by atoms with E-state index in [-0.39, 0.29) is 0 Å². The van der Waals surface area contributed by atoms with Gasteiger partial charge in [-0.25, -0.2) is 4.99 Å². The summed E-state index contributed by atoms with van der Waals surface area (Å²) in [5.74, 6) is 1.60. The predicted molar refractivity (Wildman–Crippen MR) is 92.9 cm³/mol. The summed E-state index contributed by atoms with van der Waals surface area (Å²) < 4.78 is 10.7. The van der Waals surface area contributed by atoms with E-state index in [1.54, 1.807) is 6.26 Å². The summed E-state index contributed by atoms with van der Waals surface area (Å²) in [5.41, 5.74) is -0.710. The third kappa shape index (κ3) is 5.24. The van der Waals surface area contributed by atoms with Crippen molar-refractivity contribution in [2.45, 2.75) is 63.1 Å². The summed E-state index contributed by atoms with van der Waals surface area (Å²) in [5, 5.41) is 17.5. The minimum absolute atomic E-state index is 0.464. The zero-order valence-corrected chi connectivity index (χ0v) is 14.3. The number of hydrogen-bond acceptors (Lipinski definition) is 4. The number of furan rings is 1. The third-order valence-corrected chi connectivity index (χ3v) is 4.93. The van der Waals surface area contributed by atoms with Gasteiger partial charge in [-0.15, -0.1) is 0 Å². The van der Waals surface area contributed by atoms with Gasteiger partial charge in [-0.1, -0.05) is 19.3 Å². The van der Waals surface area contributed by atoms with Gasteiger partial charge >= 0.3 is 0 Å². The minimum atomic E-state index is -0.710. The van der Waals surface area contributed by atoms with E-state index < -0.39 is 5.60 Å². The Morgan fingerprint density at radius 1 is 1.25 bits per heavy atom. The normalized spacial score (nSPS) is 22.3. The molecule has 0 bridgehead atoms. The second-order valence-electron chi connectivity index (χ2n) is 6.91. The maximum Gasteiger partial charge on any atom is 0.192 e. The van der Waals surface area contributed by atoms with Gasteiger partial charge in [0.05, 0.1) is 11.9 Å². The molecule has 134 valence electrons. The Hall–Kier alpha value is -1.53. The lowest BCUT2D eigenvalue weighted by atomic mass is 9.94. The van der Waals surface area contributed by atoms with E-state index >= 15 is 0 Å². The Morgan fingerprint density at radius 2 is 2.04 bits per heavy atom. The van der Waals surface area contributed by atoms with E-state index in [4.69, 9.17) is 9.15 Å². The number of ether oxygens (including phenoxy) is 1. The molecule has 6 nitrogen and oxygen atoms in total. The van der Waals surface area contributed by atoms with Crippen LogP contribution in [-0.2, 0) is 11.3 Å². The second-order valence-corrected chi connectivity index (χ2v) is 6.91. The molecule has 1 aromatic heterocycles. The molecule has 1 saturated carbocycles. The largest absolute Gasteiger partial charge is 0.467 e.